The van der Waals surface area contributed by atoms with Gasteiger partial charge in [-0.25, -0.2) is 4.79 Å². The zero-order valence-electron chi connectivity index (χ0n) is 7.89. The molecule has 0 aromatic carbocycles. The van der Waals surface area contributed by atoms with Crippen LogP contribution in [0.5, 0.6) is 0 Å². The third-order valence-corrected chi connectivity index (χ3v) is 2.00. The van der Waals surface area contributed by atoms with E-state index < -0.39 is 18.0 Å². The Bertz CT molecular complexity index is 250. The fourth-order valence-corrected chi connectivity index (χ4v) is 0.996. The van der Waals surface area contributed by atoms with Crippen molar-refractivity contribution in [1.29, 1.82) is 0 Å². The van der Waals surface area contributed by atoms with Crippen molar-refractivity contribution in [2.75, 3.05) is 13.2 Å². The zero-order valence-corrected chi connectivity index (χ0v) is 7.89. The number of hydrogen-bond donors (Lipinski definition) is 0. The number of esters is 1. The van der Waals surface area contributed by atoms with Crippen molar-refractivity contribution in [1.82, 2.24) is 0 Å². The molecule has 0 aromatic rings. The Kier molecular flexibility index (Phi) is 3.21. The quantitative estimate of drug-likeness (QED) is 0.519. The van der Waals surface area contributed by atoms with Gasteiger partial charge < -0.3 is 9.47 Å². The Morgan fingerprint density at radius 1 is 1.71 bits per heavy atom. The van der Waals surface area contributed by atoms with Crippen LogP contribution in [0, 0.1) is 5.92 Å². The highest BCUT2D eigenvalue weighted by molar-refractivity contribution is 5.86. The van der Waals surface area contributed by atoms with Crippen molar-refractivity contribution in [3.63, 3.8) is 0 Å². The minimum Gasteiger partial charge on any atom is -0.462 e. The summed E-state index contributed by atoms with van der Waals surface area (Å²) in [6.07, 6.45) is -2.93. The van der Waals surface area contributed by atoms with E-state index in [1.54, 1.807) is 0 Å². The maximum Gasteiger partial charge on any atom is 0.360 e. The molecule has 0 amide bonds. The molecule has 0 saturated carbocycles. The fourth-order valence-electron chi connectivity index (χ4n) is 0.996. The second-order valence-electron chi connectivity index (χ2n) is 3.27. The fraction of sp³-hybridized carbons (Fsp3) is 0.667. The molecule has 0 aromatic heterocycles. The van der Waals surface area contributed by atoms with Gasteiger partial charge in [-0.2, -0.15) is 8.78 Å². The molecule has 1 unspecified atom stereocenters. The van der Waals surface area contributed by atoms with Crippen molar-refractivity contribution in [3.8, 4) is 0 Å². The molecule has 0 spiro atoms. The molecule has 0 bridgehead atoms. The van der Waals surface area contributed by atoms with E-state index in [0.717, 1.165) is 0 Å². The van der Waals surface area contributed by atoms with Crippen LogP contribution in [0.1, 0.15) is 13.3 Å². The van der Waals surface area contributed by atoms with Crippen molar-refractivity contribution in [2.24, 2.45) is 5.92 Å². The number of carbonyl (C=O) groups excluding carboxylic acids is 1. The maximum absolute atomic E-state index is 12.5. The number of carbonyl (C=O) groups is 1. The predicted molar refractivity (Wildman–Crippen MR) is 44.8 cm³/mol. The van der Waals surface area contributed by atoms with Gasteiger partial charge in [-0.1, -0.05) is 6.58 Å². The SMILES string of the molecule is C=C(C)C(=O)OCCC1COC1(F)F. The zero-order chi connectivity index (χ0) is 10.8. The number of halogens is 2. The van der Waals surface area contributed by atoms with Crippen LogP contribution in [-0.4, -0.2) is 25.3 Å². The lowest BCUT2D eigenvalue weighted by Gasteiger charge is -2.35. The molecule has 80 valence electrons. The van der Waals surface area contributed by atoms with E-state index in [0.29, 0.717) is 0 Å². The first kappa shape index (κ1) is 11.1. The first-order valence-electron chi connectivity index (χ1n) is 4.28. The number of ether oxygens (including phenoxy) is 2. The highest BCUT2D eigenvalue weighted by Gasteiger charge is 2.49. The second-order valence-corrected chi connectivity index (χ2v) is 3.27. The lowest BCUT2D eigenvalue weighted by Crippen LogP contribution is -2.46. The number of rotatable bonds is 4. The second kappa shape index (κ2) is 4.04. The molecule has 1 heterocycles. The van der Waals surface area contributed by atoms with E-state index in [9.17, 15) is 13.6 Å². The Morgan fingerprint density at radius 2 is 2.36 bits per heavy atom. The molecule has 5 heteroatoms. The molecule has 3 nitrogen and oxygen atoms in total. The van der Waals surface area contributed by atoms with E-state index in [2.05, 4.69) is 16.1 Å². The maximum atomic E-state index is 12.5. The third-order valence-electron chi connectivity index (χ3n) is 2.00. The minimum atomic E-state index is -3.05. The highest BCUT2D eigenvalue weighted by Crippen LogP contribution is 2.37. The van der Waals surface area contributed by atoms with Crippen LogP contribution < -0.4 is 0 Å². The topological polar surface area (TPSA) is 35.5 Å². The summed E-state index contributed by atoms with van der Waals surface area (Å²) in [5.74, 6) is -1.38. The number of hydrogen-bond acceptors (Lipinski definition) is 3. The normalized spacial score (nSPS) is 23.8. The van der Waals surface area contributed by atoms with E-state index in [1.807, 2.05) is 0 Å². The van der Waals surface area contributed by atoms with Gasteiger partial charge in [0.05, 0.1) is 19.1 Å². The van der Waals surface area contributed by atoms with E-state index >= 15 is 0 Å². The molecule has 1 atom stereocenters. The molecule has 0 radical (unpaired) electrons. The largest absolute Gasteiger partial charge is 0.462 e. The molecule has 0 aliphatic carbocycles. The molecule has 14 heavy (non-hydrogen) atoms. The van der Waals surface area contributed by atoms with E-state index in [1.165, 1.54) is 6.92 Å². The van der Waals surface area contributed by atoms with Gasteiger partial charge in [0.2, 0.25) is 0 Å². The minimum absolute atomic E-state index is 0.0185. The average molecular weight is 206 g/mol. The Balaban J connectivity index is 2.16. The van der Waals surface area contributed by atoms with Gasteiger partial charge in [0.15, 0.2) is 0 Å². The Morgan fingerprint density at radius 3 is 2.71 bits per heavy atom. The summed E-state index contributed by atoms with van der Waals surface area (Å²) in [4.78, 5) is 10.9. The summed E-state index contributed by atoms with van der Waals surface area (Å²) in [6.45, 7) is 4.88. The summed E-state index contributed by atoms with van der Waals surface area (Å²) in [5.41, 5.74) is 0.265. The van der Waals surface area contributed by atoms with Crippen molar-refractivity contribution < 1.29 is 23.0 Å². The van der Waals surface area contributed by atoms with Crippen LogP contribution in [0.2, 0.25) is 0 Å². The molecule has 1 aliphatic heterocycles. The molecule has 0 N–H and O–H groups in total. The van der Waals surface area contributed by atoms with Gasteiger partial charge in [-0.15, -0.1) is 0 Å². The van der Waals surface area contributed by atoms with E-state index in [-0.39, 0.29) is 25.2 Å². The average Bonchev–Trinajstić information content (AvgIpc) is 2.10. The van der Waals surface area contributed by atoms with Crippen molar-refractivity contribution >= 4 is 5.97 Å². The van der Waals surface area contributed by atoms with Crippen LogP contribution in [0.15, 0.2) is 12.2 Å². The summed E-state index contributed by atoms with van der Waals surface area (Å²) in [6, 6.07) is 0. The van der Waals surface area contributed by atoms with E-state index in [4.69, 9.17) is 0 Å². The first-order valence-corrected chi connectivity index (χ1v) is 4.28. The van der Waals surface area contributed by atoms with Gasteiger partial charge in [0.25, 0.3) is 0 Å². The monoisotopic (exact) mass is 206 g/mol. The third kappa shape index (κ3) is 2.51. The van der Waals surface area contributed by atoms with Gasteiger partial charge >= 0.3 is 12.1 Å². The van der Waals surface area contributed by atoms with Crippen LogP contribution in [-0.2, 0) is 14.3 Å². The summed E-state index contributed by atoms with van der Waals surface area (Å²) in [5, 5.41) is 0. The summed E-state index contributed by atoms with van der Waals surface area (Å²) in [7, 11) is 0. The van der Waals surface area contributed by atoms with Crippen molar-refractivity contribution in [3.05, 3.63) is 12.2 Å². The lowest BCUT2D eigenvalue weighted by molar-refractivity contribution is -0.359. The number of alkyl halides is 2. The molecule has 1 rings (SSSR count). The van der Waals surface area contributed by atoms with Gasteiger partial charge in [0, 0.05) is 5.57 Å². The van der Waals surface area contributed by atoms with Crippen LogP contribution in [0.4, 0.5) is 8.78 Å². The Labute approximate surface area is 80.7 Å². The van der Waals surface area contributed by atoms with Gasteiger partial charge in [0.1, 0.15) is 0 Å². The predicted octanol–water partition coefficient (Wildman–Crippen LogP) is 1.74. The Hall–Kier alpha value is -0.970. The summed E-state index contributed by atoms with van der Waals surface area (Å²) >= 11 is 0. The first-order chi connectivity index (χ1) is 6.43. The highest BCUT2D eigenvalue weighted by atomic mass is 19.3. The van der Waals surface area contributed by atoms with Crippen LogP contribution >= 0.6 is 0 Å². The van der Waals surface area contributed by atoms with Gasteiger partial charge in [-0.05, 0) is 13.3 Å². The van der Waals surface area contributed by atoms with Crippen LogP contribution in [0.25, 0.3) is 0 Å². The molecule has 1 aliphatic rings. The molecular weight excluding hydrogens is 194 g/mol. The molecule has 1 saturated heterocycles. The summed E-state index contributed by atoms with van der Waals surface area (Å²) < 4.78 is 33.7. The van der Waals surface area contributed by atoms with Gasteiger partial charge in [-0.3, -0.25) is 0 Å². The molecule has 1 fully saturated rings. The smallest absolute Gasteiger partial charge is 0.360 e. The molecular formula is C9H12F2O3. The van der Waals surface area contributed by atoms with Crippen LogP contribution in [0.3, 0.4) is 0 Å². The standard InChI is InChI=1S/C9H12F2O3/c1-6(2)8(12)13-4-3-7-5-14-9(7,10)11/h7H,1,3-5H2,2H3. The lowest BCUT2D eigenvalue weighted by atomic mass is 10.0. The van der Waals surface area contributed by atoms with Crippen molar-refractivity contribution in [2.45, 2.75) is 19.5 Å².